The molecule has 2 aliphatic heterocycles. The molecular formula is C14H24N2O3. The number of aliphatic hydroxyl groups is 1. The van der Waals surface area contributed by atoms with Gasteiger partial charge in [0.15, 0.2) is 0 Å². The molecule has 5 nitrogen and oxygen atoms in total. The van der Waals surface area contributed by atoms with Gasteiger partial charge in [0.2, 0.25) is 5.91 Å². The van der Waals surface area contributed by atoms with Crippen LogP contribution in [0.2, 0.25) is 0 Å². The smallest absolute Gasteiger partial charge is 0.234 e. The van der Waals surface area contributed by atoms with Gasteiger partial charge in [-0.3, -0.25) is 9.69 Å². The fourth-order valence-corrected chi connectivity index (χ4v) is 3.78. The van der Waals surface area contributed by atoms with E-state index in [2.05, 4.69) is 10.2 Å². The molecule has 0 aromatic heterocycles. The van der Waals surface area contributed by atoms with Crippen molar-refractivity contribution in [1.29, 1.82) is 0 Å². The zero-order valence-electron chi connectivity index (χ0n) is 11.4. The summed E-state index contributed by atoms with van der Waals surface area (Å²) in [5, 5.41) is 13.0. The lowest BCUT2D eigenvalue weighted by Crippen LogP contribution is -2.44. The number of nitrogens with one attached hydrogen (secondary N) is 1. The fraction of sp³-hybridized carbons (Fsp3) is 0.929. The highest BCUT2D eigenvalue weighted by molar-refractivity contribution is 5.78. The Morgan fingerprint density at radius 1 is 1.21 bits per heavy atom. The molecule has 3 fully saturated rings. The third kappa shape index (κ3) is 3.09. The van der Waals surface area contributed by atoms with Gasteiger partial charge in [0, 0.05) is 38.3 Å². The summed E-state index contributed by atoms with van der Waals surface area (Å²) in [6.07, 6.45) is 3.76. The van der Waals surface area contributed by atoms with Crippen LogP contribution in [-0.2, 0) is 9.53 Å². The number of aliphatic hydroxyl groups excluding tert-OH is 1. The molecule has 3 unspecified atom stereocenters. The zero-order valence-corrected chi connectivity index (χ0v) is 11.4. The predicted octanol–water partition coefficient (Wildman–Crippen LogP) is -0.0157. The summed E-state index contributed by atoms with van der Waals surface area (Å²) in [6.45, 7) is 3.85. The first kappa shape index (κ1) is 13.3. The van der Waals surface area contributed by atoms with E-state index in [1.54, 1.807) is 0 Å². The third-order valence-corrected chi connectivity index (χ3v) is 4.85. The van der Waals surface area contributed by atoms with Crippen molar-refractivity contribution in [3.05, 3.63) is 0 Å². The van der Waals surface area contributed by atoms with Gasteiger partial charge in [0.1, 0.15) is 0 Å². The normalized spacial score (nSPS) is 36.4. The minimum Gasteiger partial charge on any atom is -0.393 e. The predicted molar refractivity (Wildman–Crippen MR) is 70.6 cm³/mol. The van der Waals surface area contributed by atoms with Gasteiger partial charge in [0.05, 0.1) is 12.6 Å². The Bertz CT molecular complexity index is 331. The van der Waals surface area contributed by atoms with Crippen LogP contribution in [0.15, 0.2) is 0 Å². The van der Waals surface area contributed by atoms with Gasteiger partial charge in [-0.05, 0) is 31.6 Å². The SMILES string of the molecule is O=C(CN1CC2CCC(O)C2C1)NC1CCOCC1. The Morgan fingerprint density at radius 3 is 2.74 bits per heavy atom. The maximum atomic E-state index is 12.0. The number of rotatable bonds is 3. The molecule has 3 rings (SSSR count). The van der Waals surface area contributed by atoms with E-state index in [-0.39, 0.29) is 18.1 Å². The highest BCUT2D eigenvalue weighted by Gasteiger charge is 2.42. The molecule has 0 radical (unpaired) electrons. The minimum atomic E-state index is -0.145. The van der Waals surface area contributed by atoms with Crippen LogP contribution < -0.4 is 5.32 Å². The quantitative estimate of drug-likeness (QED) is 0.755. The van der Waals surface area contributed by atoms with Crippen LogP contribution in [0.5, 0.6) is 0 Å². The molecule has 108 valence electrons. The van der Waals surface area contributed by atoms with Crippen molar-refractivity contribution in [3.8, 4) is 0 Å². The summed E-state index contributed by atoms with van der Waals surface area (Å²) < 4.78 is 5.29. The van der Waals surface area contributed by atoms with Crippen LogP contribution in [0.4, 0.5) is 0 Å². The number of hydrogen-bond acceptors (Lipinski definition) is 4. The monoisotopic (exact) mass is 268 g/mol. The van der Waals surface area contributed by atoms with Gasteiger partial charge < -0.3 is 15.2 Å². The molecule has 19 heavy (non-hydrogen) atoms. The molecule has 3 atom stereocenters. The number of carbonyl (C=O) groups excluding carboxylic acids is 1. The van der Waals surface area contributed by atoms with E-state index in [0.717, 1.165) is 52.0 Å². The molecule has 0 aromatic carbocycles. The molecule has 1 aliphatic carbocycles. The molecule has 2 saturated heterocycles. The maximum absolute atomic E-state index is 12.0. The second-order valence-electron chi connectivity index (χ2n) is 6.22. The van der Waals surface area contributed by atoms with E-state index in [0.29, 0.717) is 18.4 Å². The number of hydrogen-bond donors (Lipinski definition) is 2. The molecule has 1 amide bonds. The summed E-state index contributed by atoms with van der Waals surface area (Å²) in [7, 11) is 0. The molecule has 3 aliphatic rings. The maximum Gasteiger partial charge on any atom is 0.234 e. The second kappa shape index (κ2) is 5.77. The van der Waals surface area contributed by atoms with E-state index < -0.39 is 0 Å². The molecule has 2 N–H and O–H groups in total. The number of amides is 1. The van der Waals surface area contributed by atoms with Gasteiger partial charge >= 0.3 is 0 Å². The zero-order chi connectivity index (χ0) is 13.2. The van der Waals surface area contributed by atoms with Gasteiger partial charge in [-0.2, -0.15) is 0 Å². The number of ether oxygens (including phenoxy) is 1. The molecule has 0 aromatic rings. The van der Waals surface area contributed by atoms with E-state index in [1.165, 1.54) is 0 Å². The average molecular weight is 268 g/mol. The van der Waals surface area contributed by atoms with E-state index in [4.69, 9.17) is 4.74 Å². The minimum absolute atomic E-state index is 0.126. The summed E-state index contributed by atoms with van der Waals surface area (Å²) in [4.78, 5) is 14.2. The van der Waals surface area contributed by atoms with Crippen molar-refractivity contribution in [1.82, 2.24) is 10.2 Å². The van der Waals surface area contributed by atoms with E-state index >= 15 is 0 Å². The highest BCUT2D eigenvalue weighted by Crippen LogP contribution is 2.37. The van der Waals surface area contributed by atoms with Crippen LogP contribution in [0.25, 0.3) is 0 Å². The molecule has 0 bridgehead atoms. The van der Waals surface area contributed by atoms with Crippen molar-refractivity contribution in [2.24, 2.45) is 11.8 Å². The summed E-state index contributed by atoms with van der Waals surface area (Å²) in [5.74, 6) is 1.13. The Kier molecular flexibility index (Phi) is 4.05. The largest absolute Gasteiger partial charge is 0.393 e. The average Bonchev–Trinajstić information content (AvgIpc) is 2.93. The Morgan fingerprint density at radius 2 is 2.00 bits per heavy atom. The molecule has 2 heterocycles. The van der Waals surface area contributed by atoms with Crippen LogP contribution in [0, 0.1) is 11.8 Å². The molecule has 0 spiro atoms. The number of nitrogens with zero attached hydrogens (tertiary/aromatic N) is 1. The summed E-state index contributed by atoms with van der Waals surface area (Å²) >= 11 is 0. The lowest BCUT2D eigenvalue weighted by molar-refractivity contribution is -0.123. The van der Waals surface area contributed by atoms with Crippen molar-refractivity contribution in [3.63, 3.8) is 0 Å². The van der Waals surface area contributed by atoms with Gasteiger partial charge in [-0.25, -0.2) is 0 Å². The first-order valence-corrected chi connectivity index (χ1v) is 7.50. The summed E-state index contributed by atoms with van der Waals surface area (Å²) in [5.41, 5.74) is 0. The standard InChI is InChI=1S/C14H24N2O3/c17-13-2-1-10-7-16(8-12(10)13)9-14(18)15-11-3-5-19-6-4-11/h10-13,17H,1-9H2,(H,15,18). The fourth-order valence-electron chi connectivity index (χ4n) is 3.78. The van der Waals surface area contributed by atoms with Crippen molar-refractivity contribution in [2.75, 3.05) is 32.8 Å². The molecule has 1 saturated carbocycles. The van der Waals surface area contributed by atoms with E-state index in [9.17, 15) is 9.90 Å². The lowest BCUT2D eigenvalue weighted by atomic mass is 10.00. The van der Waals surface area contributed by atoms with Crippen LogP contribution in [0.1, 0.15) is 25.7 Å². The van der Waals surface area contributed by atoms with Gasteiger partial charge in [-0.15, -0.1) is 0 Å². The Balaban J connectivity index is 1.43. The van der Waals surface area contributed by atoms with Crippen molar-refractivity contribution >= 4 is 5.91 Å². The Hall–Kier alpha value is -0.650. The number of carbonyl (C=O) groups is 1. The lowest BCUT2D eigenvalue weighted by Gasteiger charge is -2.24. The third-order valence-electron chi connectivity index (χ3n) is 4.85. The van der Waals surface area contributed by atoms with Crippen LogP contribution in [-0.4, -0.2) is 60.9 Å². The van der Waals surface area contributed by atoms with Crippen LogP contribution in [0.3, 0.4) is 0 Å². The first-order chi connectivity index (χ1) is 9.22. The van der Waals surface area contributed by atoms with Crippen LogP contribution >= 0.6 is 0 Å². The molecular weight excluding hydrogens is 244 g/mol. The van der Waals surface area contributed by atoms with Gasteiger partial charge in [-0.1, -0.05) is 0 Å². The second-order valence-corrected chi connectivity index (χ2v) is 6.22. The van der Waals surface area contributed by atoms with Crippen molar-refractivity contribution < 1.29 is 14.6 Å². The van der Waals surface area contributed by atoms with Gasteiger partial charge in [0.25, 0.3) is 0 Å². The number of likely N-dealkylation sites (tertiary alicyclic amines) is 1. The summed E-state index contributed by atoms with van der Waals surface area (Å²) in [6, 6.07) is 0.286. The first-order valence-electron chi connectivity index (χ1n) is 7.50. The van der Waals surface area contributed by atoms with Crippen molar-refractivity contribution in [2.45, 2.75) is 37.8 Å². The molecule has 5 heteroatoms. The topological polar surface area (TPSA) is 61.8 Å². The Labute approximate surface area is 114 Å². The highest BCUT2D eigenvalue weighted by atomic mass is 16.5. The van der Waals surface area contributed by atoms with E-state index in [1.807, 2.05) is 0 Å². The number of fused-ring (bicyclic) bond motifs is 1.